The molecule has 4 nitrogen and oxygen atoms in total. The fraction of sp³-hybridized carbons (Fsp3) is 0.500. The van der Waals surface area contributed by atoms with Crippen LogP contribution in [0.3, 0.4) is 0 Å². The Labute approximate surface area is 155 Å². The summed E-state index contributed by atoms with van der Waals surface area (Å²) in [5.41, 5.74) is 1.98. The van der Waals surface area contributed by atoms with Gasteiger partial charge in [0.1, 0.15) is 11.5 Å². The molecule has 0 amide bonds. The highest BCUT2D eigenvalue weighted by Gasteiger charge is 2.15. The van der Waals surface area contributed by atoms with E-state index >= 15 is 0 Å². The van der Waals surface area contributed by atoms with E-state index < -0.39 is 0 Å². The molecule has 1 aromatic carbocycles. The van der Waals surface area contributed by atoms with Gasteiger partial charge in [-0.1, -0.05) is 62.4 Å². The second-order valence-electron chi connectivity index (χ2n) is 6.35. The van der Waals surface area contributed by atoms with E-state index in [1.165, 1.54) is 24.8 Å². The Morgan fingerprint density at radius 2 is 2.00 bits per heavy atom. The number of ketones is 1. The highest BCUT2D eigenvalue weighted by atomic mass is 35.5. The van der Waals surface area contributed by atoms with E-state index in [2.05, 4.69) is 23.3 Å². The van der Waals surface area contributed by atoms with Crippen LogP contribution in [-0.2, 0) is 19.5 Å². The lowest BCUT2D eigenvalue weighted by Gasteiger charge is -2.16. The molecule has 0 radical (unpaired) electrons. The second-order valence-corrected chi connectivity index (χ2v) is 6.75. The lowest BCUT2D eigenvalue weighted by molar-refractivity contribution is 0.100. The molecule has 0 atom stereocenters. The minimum absolute atomic E-state index is 0.0932. The summed E-state index contributed by atoms with van der Waals surface area (Å²) in [4.78, 5) is 15.3. The Kier molecular flexibility index (Phi) is 8.16. The van der Waals surface area contributed by atoms with Crippen molar-refractivity contribution >= 4 is 17.4 Å². The summed E-state index contributed by atoms with van der Waals surface area (Å²) in [6.45, 7) is 6.27. The molecule has 1 N–H and O–H groups in total. The summed E-state index contributed by atoms with van der Waals surface area (Å²) in [6, 6.07) is 8.00. The minimum Gasteiger partial charge on any atom is -0.323 e. The second kappa shape index (κ2) is 10.4. The molecular formula is C20H28ClN3O. The number of aryl methyl sites for hydroxylation is 1. The molecular weight excluding hydrogens is 334 g/mol. The number of hydrogen-bond acceptors (Lipinski definition) is 3. The quantitative estimate of drug-likeness (QED) is 0.809. The SMILES string of the molecule is C1CC1.CC(=O)c1cnc2n1CCNC2.CCCc1ccccc1Cl. The van der Waals surface area contributed by atoms with Crippen LogP contribution in [0.5, 0.6) is 0 Å². The van der Waals surface area contributed by atoms with Crippen molar-refractivity contribution < 1.29 is 4.79 Å². The van der Waals surface area contributed by atoms with Gasteiger partial charge in [0.25, 0.3) is 0 Å². The number of nitrogens with zero attached hydrogens (tertiary/aromatic N) is 2. The van der Waals surface area contributed by atoms with Crippen molar-refractivity contribution in [3.8, 4) is 0 Å². The molecule has 2 heterocycles. The topological polar surface area (TPSA) is 46.9 Å². The molecule has 0 unspecified atom stereocenters. The molecule has 0 spiro atoms. The van der Waals surface area contributed by atoms with E-state index in [-0.39, 0.29) is 5.78 Å². The van der Waals surface area contributed by atoms with Crippen LogP contribution in [0.15, 0.2) is 30.5 Å². The van der Waals surface area contributed by atoms with Crippen molar-refractivity contribution in [3.05, 3.63) is 52.6 Å². The van der Waals surface area contributed by atoms with Gasteiger partial charge < -0.3 is 9.88 Å². The van der Waals surface area contributed by atoms with Crippen molar-refractivity contribution in [3.63, 3.8) is 0 Å². The maximum absolute atomic E-state index is 11.1. The number of Topliss-reactive ketones (excluding diaryl/α,β-unsaturated/α-hetero) is 1. The zero-order valence-corrected chi connectivity index (χ0v) is 16.0. The maximum Gasteiger partial charge on any atom is 0.177 e. The van der Waals surface area contributed by atoms with Crippen LogP contribution in [0.4, 0.5) is 0 Å². The van der Waals surface area contributed by atoms with Crippen molar-refractivity contribution in [1.29, 1.82) is 0 Å². The minimum atomic E-state index is 0.0932. The average molecular weight is 362 g/mol. The van der Waals surface area contributed by atoms with Gasteiger partial charge in [-0.15, -0.1) is 0 Å². The Balaban J connectivity index is 0.000000156. The molecule has 136 valence electrons. The summed E-state index contributed by atoms with van der Waals surface area (Å²) < 4.78 is 1.98. The molecule has 25 heavy (non-hydrogen) atoms. The van der Waals surface area contributed by atoms with Gasteiger partial charge in [0, 0.05) is 25.0 Å². The van der Waals surface area contributed by atoms with Gasteiger partial charge in [-0.25, -0.2) is 4.98 Å². The molecule has 1 aliphatic heterocycles. The van der Waals surface area contributed by atoms with Gasteiger partial charge in [-0.2, -0.15) is 0 Å². The first-order chi connectivity index (χ1) is 12.1. The molecule has 0 bridgehead atoms. The van der Waals surface area contributed by atoms with Crippen LogP contribution in [0.25, 0.3) is 0 Å². The van der Waals surface area contributed by atoms with Crippen molar-refractivity contribution in [2.45, 2.75) is 59.0 Å². The first kappa shape index (κ1) is 19.7. The number of carbonyl (C=O) groups is 1. The molecule has 1 saturated carbocycles. The fourth-order valence-electron chi connectivity index (χ4n) is 2.45. The molecule has 1 aromatic heterocycles. The third-order valence-corrected chi connectivity index (χ3v) is 4.29. The zero-order chi connectivity index (χ0) is 18.1. The predicted octanol–water partition coefficient (Wildman–Crippen LogP) is 4.65. The third-order valence-electron chi connectivity index (χ3n) is 3.92. The number of rotatable bonds is 3. The van der Waals surface area contributed by atoms with Crippen LogP contribution >= 0.6 is 11.6 Å². The Morgan fingerprint density at radius 1 is 1.28 bits per heavy atom. The van der Waals surface area contributed by atoms with E-state index in [4.69, 9.17) is 11.6 Å². The summed E-state index contributed by atoms with van der Waals surface area (Å²) >= 11 is 5.90. The number of halogens is 1. The van der Waals surface area contributed by atoms with Crippen LogP contribution in [0, 0.1) is 0 Å². The maximum atomic E-state index is 11.1. The van der Waals surface area contributed by atoms with Crippen molar-refractivity contribution in [1.82, 2.24) is 14.9 Å². The zero-order valence-electron chi connectivity index (χ0n) is 15.2. The van der Waals surface area contributed by atoms with Crippen molar-refractivity contribution in [2.75, 3.05) is 6.54 Å². The molecule has 2 aliphatic rings. The van der Waals surface area contributed by atoms with Crippen LogP contribution < -0.4 is 5.32 Å². The summed E-state index contributed by atoms with van der Waals surface area (Å²) in [7, 11) is 0. The van der Waals surface area contributed by atoms with Gasteiger partial charge in [0.15, 0.2) is 5.78 Å². The lowest BCUT2D eigenvalue weighted by atomic mass is 10.1. The molecule has 2 aromatic rings. The molecule has 1 fully saturated rings. The Bertz CT molecular complexity index is 677. The molecule has 1 aliphatic carbocycles. The predicted molar refractivity (Wildman–Crippen MR) is 103 cm³/mol. The smallest absolute Gasteiger partial charge is 0.177 e. The number of aromatic nitrogens is 2. The van der Waals surface area contributed by atoms with E-state index in [1.807, 2.05) is 22.8 Å². The summed E-state index contributed by atoms with van der Waals surface area (Å²) in [5.74, 6) is 1.06. The van der Waals surface area contributed by atoms with E-state index in [9.17, 15) is 4.79 Å². The summed E-state index contributed by atoms with van der Waals surface area (Å²) in [5, 5.41) is 4.09. The van der Waals surface area contributed by atoms with Crippen LogP contribution in [-0.4, -0.2) is 21.9 Å². The Morgan fingerprint density at radius 3 is 2.60 bits per heavy atom. The number of imidazole rings is 1. The number of nitrogens with one attached hydrogen (secondary N) is 1. The van der Waals surface area contributed by atoms with Gasteiger partial charge in [-0.05, 0) is 18.1 Å². The standard InChI is InChI=1S/C9H11Cl.C8H11N3O.C3H6/c1-2-5-8-6-3-4-7-9(8)10;1-6(12)7-4-10-8-5-9-2-3-11(7)8;1-2-3-1/h3-4,6-7H,2,5H2,1H3;4,9H,2-3,5H2,1H3;1-3H2. The largest absolute Gasteiger partial charge is 0.323 e. The van der Waals surface area contributed by atoms with Gasteiger partial charge in [0.2, 0.25) is 0 Å². The van der Waals surface area contributed by atoms with E-state index in [0.717, 1.165) is 49.0 Å². The van der Waals surface area contributed by atoms with Crippen LogP contribution in [0.2, 0.25) is 5.02 Å². The third kappa shape index (κ3) is 6.63. The first-order valence-corrected chi connectivity index (χ1v) is 9.50. The van der Waals surface area contributed by atoms with Gasteiger partial charge >= 0.3 is 0 Å². The number of hydrogen-bond donors (Lipinski definition) is 1. The molecule has 5 heteroatoms. The number of fused-ring (bicyclic) bond motifs is 1. The Hall–Kier alpha value is -1.65. The van der Waals surface area contributed by atoms with Crippen molar-refractivity contribution in [2.24, 2.45) is 0 Å². The average Bonchev–Trinajstić information content (AvgIpc) is 3.43. The van der Waals surface area contributed by atoms with Crippen LogP contribution in [0.1, 0.15) is 61.4 Å². The van der Waals surface area contributed by atoms with Gasteiger partial charge in [-0.3, -0.25) is 4.79 Å². The highest BCUT2D eigenvalue weighted by molar-refractivity contribution is 6.31. The monoisotopic (exact) mass is 361 g/mol. The molecule has 0 saturated heterocycles. The highest BCUT2D eigenvalue weighted by Crippen LogP contribution is 2.16. The summed E-state index contributed by atoms with van der Waals surface area (Å²) in [6.07, 6.45) is 8.40. The molecule has 4 rings (SSSR count). The van der Waals surface area contributed by atoms with E-state index in [1.54, 1.807) is 13.1 Å². The number of benzene rings is 1. The van der Waals surface area contributed by atoms with Gasteiger partial charge in [0.05, 0.1) is 12.7 Å². The fourth-order valence-corrected chi connectivity index (χ4v) is 2.68. The number of carbonyl (C=O) groups excluding carboxylic acids is 1. The lowest BCUT2D eigenvalue weighted by Crippen LogP contribution is -2.29. The first-order valence-electron chi connectivity index (χ1n) is 9.13. The normalized spacial score (nSPS) is 14.4. The van der Waals surface area contributed by atoms with E-state index in [0.29, 0.717) is 0 Å².